The summed E-state index contributed by atoms with van der Waals surface area (Å²) in [6.45, 7) is 3.96. The number of rotatable bonds is 4. The third kappa shape index (κ3) is 2.38. The van der Waals surface area contributed by atoms with Gasteiger partial charge in [0.25, 0.3) is 0 Å². The molecule has 0 radical (unpaired) electrons. The van der Waals surface area contributed by atoms with Crippen molar-refractivity contribution in [2.45, 2.75) is 32.7 Å². The summed E-state index contributed by atoms with van der Waals surface area (Å²) in [6.07, 6.45) is 1.70. The third-order valence-corrected chi connectivity index (χ3v) is 3.77. The van der Waals surface area contributed by atoms with E-state index in [1.54, 1.807) is 13.0 Å². The monoisotopic (exact) mass is 250 g/mol. The molecule has 1 saturated carbocycles. The molecule has 1 aliphatic carbocycles. The van der Waals surface area contributed by atoms with Gasteiger partial charge in [-0.25, -0.2) is 4.39 Å². The van der Waals surface area contributed by atoms with Crippen molar-refractivity contribution in [2.24, 2.45) is 11.1 Å². The molecule has 4 heteroatoms. The van der Waals surface area contributed by atoms with Crippen LogP contribution in [-0.2, 0) is 4.79 Å². The summed E-state index contributed by atoms with van der Waals surface area (Å²) in [6, 6.07) is 4.84. The highest BCUT2D eigenvalue weighted by atomic mass is 19.1. The van der Waals surface area contributed by atoms with Gasteiger partial charge in [-0.05, 0) is 43.9 Å². The molecule has 1 atom stereocenters. The molecule has 1 fully saturated rings. The number of halogens is 1. The zero-order valence-electron chi connectivity index (χ0n) is 10.8. The van der Waals surface area contributed by atoms with Gasteiger partial charge in [0.1, 0.15) is 5.82 Å². The van der Waals surface area contributed by atoms with E-state index >= 15 is 0 Å². The zero-order valence-corrected chi connectivity index (χ0v) is 10.8. The third-order valence-electron chi connectivity index (χ3n) is 3.77. The van der Waals surface area contributed by atoms with E-state index in [1.165, 1.54) is 6.07 Å². The molecular weight excluding hydrogens is 231 g/mol. The average Bonchev–Trinajstić information content (AvgIpc) is 3.13. The van der Waals surface area contributed by atoms with Gasteiger partial charge >= 0.3 is 0 Å². The molecule has 3 nitrogen and oxygen atoms in total. The van der Waals surface area contributed by atoms with Gasteiger partial charge < -0.3 is 11.1 Å². The quantitative estimate of drug-likeness (QED) is 0.859. The largest absolute Gasteiger partial charge is 0.349 e. The molecule has 98 valence electrons. The number of aryl methyl sites for hydroxylation is 1. The van der Waals surface area contributed by atoms with Crippen molar-refractivity contribution in [3.8, 4) is 0 Å². The standard InChI is InChI=1S/C14H19FN2O/c1-9-3-4-11(7-12(9)15)10(2)17-13(18)14(8-16)5-6-14/h3-4,7,10H,5-6,8,16H2,1-2H3,(H,17,18). The summed E-state index contributed by atoms with van der Waals surface area (Å²) < 4.78 is 13.5. The van der Waals surface area contributed by atoms with Gasteiger partial charge in [-0.1, -0.05) is 12.1 Å². The van der Waals surface area contributed by atoms with Gasteiger partial charge in [0.15, 0.2) is 0 Å². The van der Waals surface area contributed by atoms with E-state index in [9.17, 15) is 9.18 Å². The maximum Gasteiger partial charge on any atom is 0.227 e. The first-order chi connectivity index (χ1) is 8.48. The summed E-state index contributed by atoms with van der Waals surface area (Å²) >= 11 is 0. The highest BCUT2D eigenvalue weighted by Gasteiger charge is 2.48. The molecule has 0 saturated heterocycles. The Morgan fingerprint density at radius 2 is 2.22 bits per heavy atom. The molecule has 3 N–H and O–H groups in total. The first-order valence-corrected chi connectivity index (χ1v) is 6.25. The summed E-state index contributed by atoms with van der Waals surface area (Å²) in [5, 5.41) is 2.91. The average molecular weight is 250 g/mol. The highest BCUT2D eigenvalue weighted by Crippen LogP contribution is 2.45. The van der Waals surface area contributed by atoms with Crippen molar-refractivity contribution in [2.75, 3.05) is 6.54 Å². The van der Waals surface area contributed by atoms with Crippen LogP contribution in [-0.4, -0.2) is 12.5 Å². The first kappa shape index (κ1) is 13.0. The van der Waals surface area contributed by atoms with Gasteiger partial charge in [0.2, 0.25) is 5.91 Å². The zero-order chi connectivity index (χ0) is 13.3. The Balaban J connectivity index is 2.05. The maximum atomic E-state index is 13.5. The molecule has 0 spiro atoms. The molecular formula is C14H19FN2O. The number of amides is 1. The number of carbonyl (C=O) groups is 1. The van der Waals surface area contributed by atoms with Crippen molar-refractivity contribution < 1.29 is 9.18 Å². The predicted molar refractivity (Wildman–Crippen MR) is 68.4 cm³/mol. The predicted octanol–water partition coefficient (Wildman–Crippen LogP) is 2.05. The second-order valence-corrected chi connectivity index (χ2v) is 5.19. The molecule has 2 rings (SSSR count). The van der Waals surface area contributed by atoms with E-state index in [2.05, 4.69) is 5.32 Å². The molecule has 1 amide bonds. The molecule has 18 heavy (non-hydrogen) atoms. The minimum Gasteiger partial charge on any atom is -0.349 e. The van der Waals surface area contributed by atoms with Crippen LogP contribution >= 0.6 is 0 Å². The van der Waals surface area contributed by atoms with Crippen LogP contribution in [0.2, 0.25) is 0 Å². The smallest absolute Gasteiger partial charge is 0.227 e. The molecule has 0 bridgehead atoms. The summed E-state index contributed by atoms with van der Waals surface area (Å²) in [4.78, 5) is 12.0. The lowest BCUT2D eigenvalue weighted by Crippen LogP contribution is -2.37. The number of benzene rings is 1. The van der Waals surface area contributed by atoms with Crippen LogP contribution < -0.4 is 11.1 Å². The number of hydrogen-bond acceptors (Lipinski definition) is 2. The SMILES string of the molecule is Cc1ccc(C(C)NC(=O)C2(CN)CC2)cc1F. The van der Waals surface area contributed by atoms with Crippen LogP contribution in [0.4, 0.5) is 4.39 Å². The highest BCUT2D eigenvalue weighted by molar-refractivity contribution is 5.85. The van der Waals surface area contributed by atoms with Crippen LogP contribution in [0.25, 0.3) is 0 Å². The maximum absolute atomic E-state index is 13.5. The van der Waals surface area contributed by atoms with Crippen LogP contribution in [0.15, 0.2) is 18.2 Å². The summed E-state index contributed by atoms with van der Waals surface area (Å²) in [5.74, 6) is -0.257. The molecule has 1 aromatic carbocycles. The van der Waals surface area contributed by atoms with Crippen LogP contribution in [0.3, 0.4) is 0 Å². The molecule has 1 aliphatic rings. The normalized spacial score (nSPS) is 18.2. The van der Waals surface area contributed by atoms with E-state index in [0.717, 1.165) is 18.4 Å². The second kappa shape index (κ2) is 4.69. The fourth-order valence-corrected chi connectivity index (χ4v) is 1.99. The first-order valence-electron chi connectivity index (χ1n) is 6.25. The minimum absolute atomic E-state index is 0.0153. The lowest BCUT2D eigenvalue weighted by molar-refractivity contribution is -0.126. The van der Waals surface area contributed by atoms with Crippen molar-refractivity contribution >= 4 is 5.91 Å². The molecule has 1 aromatic rings. The van der Waals surface area contributed by atoms with E-state index in [1.807, 2.05) is 13.0 Å². The Hall–Kier alpha value is -1.42. The van der Waals surface area contributed by atoms with Gasteiger partial charge in [0, 0.05) is 6.54 Å². The van der Waals surface area contributed by atoms with E-state index in [4.69, 9.17) is 5.73 Å². The minimum atomic E-state index is -0.364. The van der Waals surface area contributed by atoms with Gasteiger partial charge in [-0.3, -0.25) is 4.79 Å². The fraction of sp³-hybridized carbons (Fsp3) is 0.500. The van der Waals surface area contributed by atoms with Gasteiger partial charge in [-0.2, -0.15) is 0 Å². The van der Waals surface area contributed by atoms with Crippen molar-refractivity contribution in [3.63, 3.8) is 0 Å². The van der Waals surface area contributed by atoms with E-state index in [0.29, 0.717) is 12.1 Å². The molecule has 0 aromatic heterocycles. The van der Waals surface area contributed by atoms with Gasteiger partial charge in [-0.15, -0.1) is 0 Å². The topological polar surface area (TPSA) is 55.1 Å². The Kier molecular flexibility index (Phi) is 3.39. The van der Waals surface area contributed by atoms with Crippen molar-refractivity contribution in [1.29, 1.82) is 0 Å². The number of hydrogen-bond donors (Lipinski definition) is 2. The van der Waals surface area contributed by atoms with Crippen LogP contribution in [0.1, 0.15) is 36.9 Å². The Morgan fingerprint density at radius 1 is 1.56 bits per heavy atom. The number of nitrogens with one attached hydrogen (secondary N) is 1. The Morgan fingerprint density at radius 3 is 2.72 bits per heavy atom. The van der Waals surface area contributed by atoms with Gasteiger partial charge in [0.05, 0.1) is 11.5 Å². The lowest BCUT2D eigenvalue weighted by Gasteiger charge is -2.19. The molecule has 0 heterocycles. The second-order valence-electron chi connectivity index (χ2n) is 5.19. The van der Waals surface area contributed by atoms with Crippen molar-refractivity contribution in [3.05, 3.63) is 35.1 Å². The summed E-state index contributed by atoms with van der Waals surface area (Å²) in [5.41, 5.74) is 6.63. The Bertz CT molecular complexity index is 469. The van der Waals surface area contributed by atoms with Crippen LogP contribution in [0, 0.1) is 18.2 Å². The van der Waals surface area contributed by atoms with E-state index < -0.39 is 0 Å². The molecule has 0 aliphatic heterocycles. The molecule has 1 unspecified atom stereocenters. The summed E-state index contributed by atoms with van der Waals surface area (Å²) in [7, 11) is 0. The van der Waals surface area contributed by atoms with E-state index in [-0.39, 0.29) is 23.2 Å². The lowest BCUT2D eigenvalue weighted by atomic mass is 10.0. The van der Waals surface area contributed by atoms with Crippen LogP contribution in [0.5, 0.6) is 0 Å². The fourth-order valence-electron chi connectivity index (χ4n) is 1.99. The Labute approximate surface area is 107 Å². The number of nitrogens with two attached hydrogens (primary N) is 1. The number of carbonyl (C=O) groups excluding carboxylic acids is 1. The van der Waals surface area contributed by atoms with Crippen molar-refractivity contribution in [1.82, 2.24) is 5.32 Å².